The first-order valence-electron chi connectivity index (χ1n) is 4.51. The van der Waals surface area contributed by atoms with E-state index in [1.54, 1.807) is 0 Å². The van der Waals surface area contributed by atoms with Gasteiger partial charge in [-0.25, -0.2) is 0 Å². The summed E-state index contributed by atoms with van der Waals surface area (Å²) in [5.74, 6) is 6.27. The number of aliphatic hydroxyl groups is 1. The molecule has 0 spiro atoms. The van der Waals surface area contributed by atoms with Gasteiger partial charge >= 0.3 is 0 Å². The molecule has 62 valence electrons. The average molecular weight is 152 g/mol. The average Bonchev–Trinajstić information content (AvgIpc) is 2.52. The summed E-state index contributed by atoms with van der Waals surface area (Å²) in [5, 5.41) is 9.51. The Morgan fingerprint density at radius 1 is 1.45 bits per heavy atom. The summed E-state index contributed by atoms with van der Waals surface area (Å²) in [5.41, 5.74) is 0. The molecule has 1 unspecified atom stereocenters. The summed E-state index contributed by atoms with van der Waals surface area (Å²) in [6.07, 6.45) is 5.38. The van der Waals surface area contributed by atoms with E-state index >= 15 is 0 Å². The van der Waals surface area contributed by atoms with Crippen LogP contribution in [-0.4, -0.2) is 11.2 Å². The lowest BCUT2D eigenvalue weighted by atomic mass is 10.0. The predicted molar refractivity (Wildman–Crippen MR) is 46.0 cm³/mol. The van der Waals surface area contributed by atoms with E-state index in [4.69, 9.17) is 0 Å². The van der Waals surface area contributed by atoms with E-state index in [9.17, 15) is 5.11 Å². The lowest BCUT2D eigenvalue weighted by molar-refractivity contribution is 0.165. The summed E-state index contributed by atoms with van der Waals surface area (Å²) in [4.78, 5) is 0. The SMILES string of the molecule is CCC#CC(O)C1CCCC1. The van der Waals surface area contributed by atoms with E-state index in [-0.39, 0.29) is 6.10 Å². The van der Waals surface area contributed by atoms with Crippen LogP contribution in [0.2, 0.25) is 0 Å². The van der Waals surface area contributed by atoms with Crippen LogP contribution < -0.4 is 0 Å². The summed E-state index contributed by atoms with van der Waals surface area (Å²) in [6, 6.07) is 0. The molecule has 1 fully saturated rings. The highest BCUT2D eigenvalue weighted by Gasteiger charge is 2.20. The topological polar surface area (TPSA) is 20.2 Å². The van der Waals surface area contributed by atoms with Crippen LogP contribution in [0, 0.1) is 17.8 Å². The molecule has 1 N–H and O–H groups in total. The molecule has 1 aliphatic carbocycles. The molecule has 0 bridgehead atoms. The zero-order valence-electron chi connectivity index (χ0n) is 7.14. The van der Waals surface area contributed by atoms with E-state index in [0.29, 0.717) is 5.92 Å². The van der Waals surface area contributed by atoms with Crippen LogP contribution in [0.1, 0.15) is 39.0 Å². The zero-order chi connectivity index (χ0) is 8.10. The highest BCUT2D eigenvalue weighted by atomic mass is 16.3. The van der Waals surface area contributed by atoms with Crippen molar-refractivity contribution < 1.29 is 5.11 Å². The molecule has 0 radical (unpaired) electrons. The number of aliphatic hydroxyl groups excluding tert-OH is 1. The van der Waals surface area contributed by atoms with Crippen LogP contribution in [0.5, 0.6) is 0 Å². The van der Waals surface area contributed by atoms with Gasteiger partial charge in [0.2, 0.25) is 0 Å². The van der Waals surface area contributed by atoms with Crippen molar-refractivity contribution in [1.29, 1.82) is 0 Å². The highest BCUT2D eigenvalue weighted by Crippen LogP contribution is 2.27. The Morgan fingerprint density at radius 3 is 2.64 bits per heavy atom. The normalized spacial score (nSPS) is 20.9. The van der Waals surface area contributed by atoms with Gasteiger partial charge in [0, 0.05) is 6.42 Å². The van der Waals surface area contributed by atoms with Crippen molar-refractivity contribution >= 4 is 0 Å². The fourth-order valence-electron chi connectivity index (χ4n) is 1.60. The van der Waals surface area contributed by atoms with Crippen molar-refractivity contribution in [3.63, 3.8) is 0 Å². The van der Waals surface area contributed by atoms with E-state index in [1.807, 2.05) is 6.92 Å². The van der Waals surface area contributed by atoms with Gasteiger partial charge in [0.25, 0.3) is 0 Å². The summed E-state index contributed by atoms with van der Waals surface area (Å²) in [6.45, 7) is 2.01. The van der Waals surface area contributed by atoms with Gasteiger partial charge in [-0.15, -0.1) is 5.92 Å². The molecule has 0 aromatic rings. The van der Waals surface area contributed by atoms with Gasteiger partial charge in [-0.3, -0.25) is 0 Å². The molecule has 1 atom stereocenters. The quantitative estimate of drug-likeness (QED) is 0.569. The number of rotatable bonds is 1. The van der Waals surface area contributed by atoms with Gasteiger partial charge in [0.1, 0.15) is 6.10 Å². The maximum atomic E-state index is 9.51. The lowest BCUT2D eigenvalue weighted by Gasteiger charge is -2.10. The van der Waals surface area contributed by atoms with Crippen molar-refractivity contribution in [3.05, 3.63) is 0 Å². The van der Waals surface area contributed by atoms with Gasteiger partial charge in [-0.1, -0.05) is 25.7 Å². The van der Waals surface area contributed by atoms with Crippen LogP contribution >= 0.6 is 0 Å². The molecule has 1 nitrogen and oxygen atoms in total. The molecule has 0 amide bonds. The third-order valence-corrected chi connectivity index (χ3v) is 2.27. The molecule has 0 saturated heterocycles. The summed E-state index contributed by atoms with van der Waals surface area (Å²) in [7, 11) is 0. The first kappa shape index (κ1) is 8.62. The second-order valence-electron chi connectivity index (χ2n) is 3.16. The number of hydrogen-bond donors (Lipinski definition) is 1. The first-order chi connectivity index (χ1) is 5.34. The second kappa shape index (κ2) is 4.41. The van der Waals surface area contributed by atoms with Crippen LogP contribution in [0.3, 0.4) is 0 Å². The largest absolute Gasteiger partial charge is 0.380 e. The third-order valence-electron chi connectivity index (χ3n) is 2.27. The van der Waals surface area contributed by atoms with E-state index < -0.39 is 0 Å². The van der Waals surface area contributed by atoms with Gasteiger partial charge < -0.3 is 5.11 Å². The Kier molecular flexibility index (Phi) is 3.45. The monoisotopic (exact) mass is 152 g/mol. The minimum Gasteiger partial charge on any atom is -0.380 e. The van der Waals surface area contributed by atoms with Crippen molar-refractivity contribution in [3.8, 4) is 11.8 Å². The Labute approximate surface area is 68.8 Å². The molecule has 1 heteroatoms. The summed E-state index contributed by atoms with van der Waals surface area (Å²) >= 11 is 0. The van der Waals surface area contributed by atoms with Crippen molar-refractivity contribution in [2.24, 2.45) is 5.92 Å². The van der Waals surface area contributed by atoms with Crippen LogP contribution in [0.15, 0.2) is 0 Å². The second-order valence-corrected chi connectivity index (χ2v) is 3.16. The molecule has 1 aliphatic rings. The molecular formula is C10H16O. The van der Waals surface area contributed by atoms with E-state index in [0.717, 1.165) is 6.42 Å². The maximum Gasteiger partial charge on any atom is 0.117 e. The van der Waals surface area contributed by atoms with Gasteiger partial charge in [-0.2, -0.15) is 0 Å². The minimum absolute atomic E-state index is 0.350. The van der Waals surface area contributed by atoms with E-state index in [2.05, 4.69) is 11.8 Å². The van der Waals surface area contributed by atoms with Gasteiger partial charge in [0.15, 0.2) is 0 Å². The van der Waals surface area contributed by atoms with Crippen molar-refractivity contribution in [2.45, 2.75) is 45.1 Å². The van der Waals surface area contributed by atoms with Gasteiger partial charge in [-0.05, 0) is 18.8 Å². The standard InChI is InChI=1S/C10H16O/c1-2-3-8-10(11)9-6-4-5-7-9/h9-11H,2,4-7H2,1H3. The zero-order valence-corrected chi connectivity index (χ0v) is 7.14. The molecule has 1 rings (SSSR count). The van der Waals surface area contributed by atoms with Crippen molar-refractivity contribution in [1.82, 2.24) is 0 Å². The Morgan fingerprint density at radius 2 is 2.09 bits per heavy atom. The molecule has 0 heterocycles. The Hall–Kier alpha value is -0.480. The van der Waals surface area contributed by atoms with Gasteiger partial charge in [0.05, 0.1) is 0 Å². The minimum atomic E-state index is -0.350. The Balaban J connectivity index is 2.33. The fourth-order valence-corrected chi connectivity index (χ4v) is 1.60. The Bertz CT molecular complexity index is 157. The molecule has 0 aromatic heterocycles. The van der Waals surface area contributed by atoms with Crippen LogP contribution in [0.25, 0.3) is 0 Å². The molecule has 11 heavy (non-hydrogen) atoms. The molecule has 0 aliphatic heterocycles. The molecule has 0 aromatic carbocycles. The summed E-state index contributed by atoms with van der Waals surface area (Å²) < 4.78 is 0. The first-order valence-corrected chi connectivity index (χ1v) is 4.51. The van der Waals surface area contributed by atoms with Crippen molar-refractivity contribution in [2.75, 3.05) is 0 Å². The third kappa shape index (κ3) is 2.55. The molecule has 1 saturated carbocycles. The predicted octanol–water partition coefficient (Wildman–Crippen LogP) is 1.95. The van der Waals surface area contributed by atoms with E-state index in [1.165, 1.54) is 25.7 Å². The lowest BCUT2D eigenvalue weighted by Crippen LogP contribution is -2.14. The smallest absolute Gasteiger partial charge is 0.117 e. The molecular weight excluding hydrogens is 136 g/mol. The van der Waals surface area contributed by atoms with Crippen LogP contribution in [-0.2, 0) is 0 Å². The highest BCUT2D eigenvalue weighted by molar-refractivity contribution is 5.06. The maximum absolute atomic E-state index is 9.51. The fraction of sp³-hybridized carbons (Fsp3) is 0.800. The number of hydrogen-bond acceptors (Lipinski definition) is 1. The van der Waals surface area contributed by atoms with Crippen LogP contribution in [0.4, 0.5) is 0 Å².